The summed E-state index contributed by atoms with van der Waals surface area (Å²) in [6.45, 7) is 0. The molecule has 1 aliphatic heterocycles. The van der Waals surface area contributed by atoms with E-state index in [0.29, 0.717) is 39.2 Å². The van der Waals surface area contributed by atoms with Crippen LogP contribution in [0.3, 0.4) is 0 Å². The minimum absolute atomic E-state index is 0.0867. The first-order valence-corrected chi connectivity index (χ1v) is 17.4. The zero-order valence-corrected chi connectivity index (χ0v) is 28.1. The highest BCUT2D eigenvalue weighted by molar-refractivity contribution is 7.92. The molecule has 0 radical (unpaired) electrons. The molecule has 0 bridgehead atoms. The van der Waals surface area contributed by atoms with Gasteiger partial charge in [-0.1, -0.05) is 24.3 Å². The molecule has 9 nitrogen and oxygen atoms in total. The Hall–Kier alpha value is -5.68. The number of furan rings is 1. The fraction of sp³-hybridized carbons (Fsp3) is 0.158. The number of amides is 1. The number of halogens is 1. The second kappa shape index (κ2) is 12.4. The SMILES string of the molecule is COc1ccc(-c2cc3c(C(=O)N(C)c4cccnc4)c(-c4ccc(F)cc4)oc3cc2N(C)S(C)(=O)=O)cc1C1Cc2ccccc2N1. The maximum atomic E-state index is 14.4. The van der Waals surface area contributed by atoms with Crippen LogP contribution in [0.5, 0.6) is 5.75 Å². The van der Waals surface area contributed by atoms with E-state index in [1.807, 2.05) is 36.4 Å². The van der Waals surface area contributed by atoms with Gasteiger partial charge in [-0.25, -0.2) is 12.8 Å². The molecule has 1 unspecified atom stereocenters. The Morgan fingerprint density at radius 3 is 2.43 bits per heavy atom. The van der Waals surface area contributed by atoms with Crippen LogP contribution >= 0.6 is 0 Å². The molecule has 1 atom stereocenters. The van der Waals surface area contributed by atoms with Crippen molar-refractivity contribution in [1.29, 1.82) is 0 Å². The third-order valence-electron chi connectivity index (χ3n) is 8.99. The molecular weight excluding hydrogens is 644 g/mol. The molecule has 0 spiro atoms. The fourth-order valence-corrected chi connectivity index (χ4v) is 6.82. The van der Waals surface area contributed by atoms with Gasteiger partial charge in [0.2, 0.25) is 10.0 Å². The van der Waals surface area contributed by atoms with Gasteiger partial charge in [0.25, 0.3) is 5.91 Å². The molecule has 0 fully saturated rings. The average molecular weight is 677 g/mol. The van der Waals surface area contributed by atoms with Crippen LogP contribution in [-0.4, -0.2) is 46.8 Å². The molecule has 11 heteroatoms. The second-order valence-electron chi connectivity index (χ2n) is 12.0. The number of para-hydroxylation sites is 1. The van der Waals surface area contributed by atoms with Crippen molar-refractivity contribution in [2.45, 2.75) is 12.5 Å². The Morgan fingerprint density at radius 2 is 1.73 bits per heavy atom. The van der Waals surface area contributed by atoms with Gasteiger partial charge in [-0.05, 0) is 78.2 Å². The molecule has 49 heavy (non-hydrogen) atoms. The molecule has 4 aromatic carbocycles. The number of aromatic nitrogens is 1. The maximum absolute atomic E-state index is 14.4. The number of pyridine rings is 1. The molecular formula is C38H33FN4O5S. The van der Waals surface area contributed by atoms with Crippen molar-refractivity contribution in [3.8, 4) is 28.2 Å². The Morgan fingerprint density at radius 1 is 0.980 bits per heavy atom. The first kappa shape index (κ1) is 31.9. The number of rotatable bonds is 8. The predicted molar refractivity (Wildman–Crippen MR) is 190 cm³/mol. The minimum Gasteiger partial charge on any atom is -0.496 e. The molecule has 248 valence electrons. The summed E-state index contributed by atoms with van der Waals surface area (Å²) in [4.78, 5) is 20.0. The minimum atomic E-state index is -3.73. The summed E-state index contributed by atoms with van der Waals surface area (Å²) in [6, 6.07) is 26.4. The molecule has 7 rings (SSSR count). The molecule has 6 aromatic rings. The summed E-state index contributed by atoms with van der Waals surface area (Å²) in [5.41, 5.74) is 6.34. The van der Waals surface area contributed by atoms with Crippen LogP contribution in [0.2, 0.25) is 0 Å². The maximum Gasteiger partial charge on any atom is 0.262 e. The molecule has 1 aliphatic rings. The standard InChI is InChI=1S/C38H33FN4O5S/c1-42(27-9-7-17-40-22-27)38(44)36-30-20-28(24-13-16-34(47-3)29(18-24)32-19-25-8-5-6-10-31(25)41-32)33(43(2)49(4,45)46)21-35(30)48-37(36)23-11-14-26(39)15-12-23/h5-18,20-22,32,41H,19H2,1-4H3. The lowest BCUT2D eigenvalue weighted by molar-refractivity contribution is 0.0994. The number of nitrogens with one attached hydrogen (secondary N) is 1. The van der Waals surface area contributed by atoms with Gasteiger partial charge in [-0.15, -0.1) is 0 Å². The number of ether oxygens (including phenoxy) is 1. The number of nitrogens with zero attached hydrogens (tertiary/aromatic N) is 3. The van der Waals surface area contributed by atoms with E-state index in [0.717, 1.165) is 23.9 Å². The van der Waals surface area contributed by atoms with E-state index < -0.39 is 15.8 Å². The molecule has 2 aromatic heterocycles. The van der Waals surface area contributed by atoms with Crippen LogP contribution in [0.25, 0.3) is 33.4 Å². The van der Waals surface area contributed by atoms with E-state index in [4.69, 9.17) is 9.15 Å². The zero-order chi connectivity index (χ0) is 34.4. The fourth-order valence-electron chi connectivity index (χ4n) is 6.32. The third-order valence-corrected chi connectivity index (χ3v) is 10.2. The van der Waals surface area contributed by atoms with Crippen LogP contribution in [0.1, 0.15) is 27.5 Å². The Labute approximate surface area is 283 Å². The Kier molecular flexibility index (Phi) is 8.07. The van der Waals surface area contributed by atoms with E-state index in [1.165, 1.54) is 33.9 Å². The van der Waals surface area contributed by atoms with Gasteiger partial charge in [0.1, 0.15) is 22.9 Å². The van der Waals surface area contributed by atoms with E-state index in [9.17, 15) is 17.6 Å². The van der Waals surface area contributed by atoms with Crippen LogP contribution in [-0.2, 0) is 16.4 Å². The van der Waals surface area contributed by atoms with Crippen molar-refractivity contribution < 1.29 is 26.8 Å². The topological polar surface area (TPSA) is 105 Å². The zero-order valence-electron chi connectivity index (χ0n) is 27.3. The second-order valence-corrected chi connectivity index (χ2v) is 14.0. The number of benzene rings is 4. The monoisotopic (exact) mass is 676 g/mol. The highest BCUT2D eigenvalue weighted by Crippen LogP contribution is 2.44. The summed E-state index contributed by atoms with van der Waals surface area (Å²) in [5.74, 6) is 0.0903. The van der Waals surface area contributed by atoms with Crippen LogP contribution < -0.4 is 19.3 Å². The van der Waals surface area contributed by atoms with E-state index in [1.54, 1.807) is 62.9 Å². The molecule has 0 saturated carbocycles. The number of carbonyl (C=O) groups is 1. The third kappa shape index (κ3) is 5.86. The number of fused-ring (bicyclic) bond motifs is 2. The highest BCUT2D eigenvalue weighted by atomic mass is 32.2. The van der Waals surface area contributed by atoms with Crippen molar-refractivity contribution in [3.63, 3.8) is 0 Å². The average Bonchev–Trinajstić information content (AvgIpc) is 3.72. The molecule has 0 saturated heterocycles. The number of anilines is 3. The number of methoxy groups -OCH3 is 1. The number of carbonyl (C=O) groups excluding carboxylic acids is 1. The normalized spacial score (nSPS) is 13.9. The van der Waals surface area contributed by atoms with Crippen LogP contribution in [0.4, 0.5) is 21.5 Å². The van der Waals surface area contributed by atoms with Gasteiger partial charge in [0.15, 0.2) is 0 Å². The molecule has 3 heterocycles. The first-order valence-electron chi connectivity index (χ1n) is 15.5. The van der Waals surface area contributed by atoms with Gasteiger partial charge in [-0.3, -0.25) is 14.1 Å². The first-order chi connectivity index (χ1) is 23.5. The lowest BCUT2D eigenvalue weighted by Crippen LogP contribution is -2.26. The van der Waals surface area contributed by atoms with E-state index in [2.05, 4.69) is 16.4 Å². The van der Waals surface area contributed by atoms with E-state index in [-0.39, 0.29) is 28.9 Å². The number of hydrogen-bond acceptors (Lipinski definition) is 7. The van der Waals surface area contributed by atoms with Gasteiger partial charge in [0.05, 0.1) is 42.5 Å². The molecule has 1 amide bonds. The van der Waals surface area contributed by atoms with Crippen LogP contribution in [0, 0.1) is 5.82 Å². The Balaban J connectivity index is 1.46. The lowest BCUT2D eigenvalue weighted by atomic mass is 9.94. The largest absolute Gasteiger partial charge is 0.496 e. The number of hydrogen-bond donors (Lipinski definition) is 1. The number of sulfonamides is 1. The highest BCUT2D eigenvalue weighted by Gasteiger charge is 2.30. The quantitative estimate of drug-likeness (QED) is 0.176. The summed E-state index contributed by atoms with van der Waals surface area (Å²) >= 11 is 0. The van der Waals surface area contributed by atoms with Gasteiger partial charge in [-0.2, -0.15) is 0 Å². The predicted octanol–water partition coefficient (Wildman–Crippen LogP) is 7.69. The lowest BCUT2D eigenvalue weighted by Gasteiger charge is -2.22. The summed E-state index contributed by atoms with van der Waals surface area (Å²) in [7, 11) is 1.01. The Bertz CT molecular complexity index is 2300. The molecule has 0 aliphatic carbocycles. The molecule has 1 N–H and O–H groups in total. The summed E-state index contributed by atoms with van der Waals surface area (Å²) in [5, 5.41) is 4.05. The van der Waals surface area contributed by atoms with Crippen molar-refractivity contribution in [1.82, 2.24) is 4.98 Å². The van der Waals surface area contributed by atoms with Gasteiger partial charge in [0, 0.05) is 54.1 Å². The summed E-state index contributed by atoms with van der Waals surface area (Å²) in [6.07, 6.45) is 5.07. The van der Waals surface area contributed by atoms with Crippen molar-refractivity contribution in [2.75, 3.05) is 42.0 Å². The summed E-state index contributed by atoms with van der Waals surface area (Å²) < 4.78 is 53.3. The van der Waals surface area contributed by atoms with Gasteiger partial charge >= 0.3 is 0 Å². The van der Waals surface area contributed by atoms with Crippen molar-refractivity contribution in [3.05, 3.63) is 126 Å². The van der Waals surface area contributed by atoms with Crippen LogP contribution in [0.15, 0.2) is 108 Å². The van der Waals surface area contributed by atoms with Crippen molar-refractivity contribution in [2.24, 2.45) is 0 Å². The smallest absolute Gasteiger partial charge is 0.262 e. The van der Waals surface area contributed by atoms with Crippen molar-refractivity contribution >= 4 is 44.0 Å². The van der Waals surface area contributed by atoms with Gasteiger partial charge < -0.3 is 19.4 Å². The van der Waals surface area contributed by atoms with E-state index >= 15 is 0 Å².